The number of nitrogens with one attached hydrogen (secondary N) is 2. The largest absolute Gasteiger partial charge is 0.326 e. The molecule has 1 amide bonds. The summed E-state index contributed by atoms with van der Waals surface area (Å²) in [6.07, 6.45) is 0.521. The molecule has 2 aliphatic rings. The molecule has 0 radical (unpaired) electrons. The lowest BCUT2D eigenvalue weighted by Crippen LogP contribution is -2.43. The van der Waals surface area contributed by atoms with Gasteiger partial charge in [0.15, 0.2) is 0 Å². The third-order valence-electron chi connectivity index (χ3n) is 3.65. The maximum Gasteiger partial charge on any atom is 0.228 e. The van der Waals surface area contributed by atoms with Crippen LogP contribution < -0.4 is 10.6 Å². The average molecular weight is 231 g/mol. The van der Waals surface area contributed by atoms with E-state index in [2.05, 4.69) is 34.7 Å². The molecule has 3 rings (SSSR count). The van der Waals surface area contributed by atoms with Crippen LogP contribution in [0.2, 0.25) is 0 Å². The zero-order valence-electron chi connectivity index (χ0n) is 9.99. The van der Waals surface area contributed by atoms with Gasteiger partial charge in [-0.3, -0.25) is 9.69 Å². The maximum absolute atomic E-state index is 11.3. The number of benzene rings is 1. The van der Waals surface area contributed by atoms with E-state index in [0.29, 0.717) is 12.5 Å². The first-order chi connectivity index (χ1) is 8.24. The fourth-order valence-corrected chi connectivity index (χ4v) is 2.63. The van der Waals surface area contributed by atoms with Crippen LogP contribution in [-0.2, 0) is 11.2 Å². The summed E-state index contributed by atoms with van der Waals surface area (Å²) >= 11 is 0. The summed E-state index contributed by atoms with van der Waals surface area (Å²) in [5.74, 6) is 0.104. The van der Waals surface area contributed by atoms with Crippen molar-refractivity contribution in [3.05, 3.63) is 29.3 Å². The minimum absolute atomic E-state index is 0.104. The van der Waals surface area contributed by atoms with Crippen molar-refractivity contribution in [1.82, 2.24) is 10.2 Å². The monoisotopic (exact) mass is 231 g/mol. The molecular formula is C13H17N3O. The van der Waals surface area contributed by atoms with Gasteiger partial charge in [0.05, 0.1) is 6.42 Å². The van der Waals surface area contributed by atoms with E-state index < -0.39 is 0 Å². The van der Waals surface area contributed by atoms with Gasteiger partial charge < -0.3 is 10.6 Å². The fraction of sp³-hybridized carbons (Fsp3) is 0.462. The Labute approximate surface area is 101 Å². The van der Waals surface area contributed by atoms with Gasteiger partial charge in [0.25, 0.3) is 0 Å². The standard InChI is InChI=1S/C13H17N3O/c1-16-5-4-14-8-12(16)9-2-3-11-10(6-9)7-13(17)15-11/h2-3,6,12,14H,4-5,7-8H2,1H3,(H,15,17). The summed E-state index contributed by atoms with van der Waals surface area (Å²) in [7, 11) is 2.15. The van der Waals surface area contributed by atoms with E-state index in [4.69, 9.17) is 0 Å². The van der Waals surface area contributed by atoms with Crippen LogP contribution >= 0.6 is 0 Å². The van der Waals surface area contributed by atoms with Crippen molar-refractivity contribution in [2.75, 3.05) is 32.0 Å². The minimum Gasteiger partial charge on any atom is -0.326 e. The van der Waals surface area contributed by atoms with Crippen molar-refractivity contribution in [2.24, 2.45) is 0 Å². The molecule has 1 atom stereocenters. The lowest BCUT2D eigenvalue weighted by molar-refractivity contribution is -0.115. The Morgan fingerprint density at radius 1 is 1.41 bits per heavy atom. The molecule has 0 saturated carbocycles. The summed E-state index contributed by atoms with van der Waals surface area (Å²) in [4.78, 5) is 13.7. The highest BCUT2D eigenvalue weighted by molar-refractivity contribution is 5.99. The average Bonchev–Trinajstić information content (AvgIpc) is 2.68. The zero-order valence-corrected chi connectivity index (χ0v) is 9.99. The summed E-state index contributed by atoms with van der Waals surface area (Å²) in [6.45, 7) is 3.10. The van der Waals surface area contributed by atoms with Gasteiger partial charge in [-0.2, -0.15) is 0 Å². The molecule has 90 valence electrons. The quantitative estimate of drug-likeness (QED) is 0.750. The molecule has 4 nitrogen and oxygen atoms in total. The van der Waals surface area contributed by atoms with Gasteiger partial charge in [0.2, 0.25) is 5.91 Å². The number of rotatable bonds is 1. The van der Waals surface area contributed by atoms with E-state index in [9.17, 15) is 4.79 Å². The number of nitrogens with zero attached hydrogens (tertiary/aromatic N) is 1. The first kappa shape index (κ1) is 10.7. The zero-order chi connectivity index (χ0) is 11.8. The smallest absolute Gasteiger partial charge is 0.228 e. The van der Waals surface area contributed by atoms with Crippen LogP contribution in [0.4, 0.5) is 5.69 Å². The second kappa shape index (κ2) is 4.13. The molecular weight excluding hydrogens is 214 g/mol. The SMILES string of the molecule is CN1CCNCC1c1ccc2c(c1)CC(=O)N2. The van der Waals surface area contributed by atoms with E-state index in [1.54, 1.807) is 0 Å². The first-order valence-electron chi connectivity index (χ1n) is 6.07. The lowest BCUT2D eigenvalue weighted by atomic mass is 10.00. The number of likely N-dealkylation sites (N-methyl/N-ethyl adjacent to an activating group) is 1. The molecule has 0 bridgehead atoms. The van der Waals surface area contributed by atoms with Gasteiger partial charge in [0.1, 0.15) is 0 Å². The molecule has 1 unspecified atom stereocenters. The summed E-state index contributed by atoms with van der Waals surface area (Å²) < 4.78 is 0. The van der Waals surface area contributed by atoms with Crippen molar-refractivity contribution < 1.29 is 4.79 Å². The number of hydrogen-bond acceptors (Lipinski definition) is 3. The number of piperazine rings is 1. The summed E-state index contributed by atoms with van der Waals surface area (Å²) in [5.41, 5.74) is 3.41. The Balaban J connectivity index is 1.89. The van der Waals surface area contributed by atoms with Crippen LogP contribution in [-0.4, -0.2) is 37.5 Å². The number of anilines is 1. The highest BCUT2D eigenvalue weighted by Gasteiger charge is 2.23. The second-order valence-corrected chi connectivity index (χ2v) is 4.84. The molecule has 2 N–H and O–H groups in total. The molecule has 2 heterocycles. The number of amides is 1. The Kier molecular flexibility index (Phi) is 2.61. The maximum atomic E-state index is 11.3. The predicted octanol–water partition coefficient (Wildman–Crippen LogP) is 0.757. The van der Waals surface area contributed by atoms with E-state index in [1.165, 1.54) is 5.56 Å². The van der Waals surface area contributed by atoms with Gasteiger partial charge >= 0.3 is 0 Å². The van der Waals surface area contributed by atoms with Crippen molar-refractivity contribution in [2.45, 2.75) is 12.5 Å². The third kappa shape index (κ3) is 1.94. The number of carbonyl (C=O) groups excluding carboxylic acids is 1. The lowest BCUT2D eigenvalue weighted by Gasteiger charge is -2.33. The van der Waals surface area contributed by atoms with Gasteiger partial charge in [0, 0.05) is 31.4 Å². The van der Waals surface area contributed by atoms with Crippen molar-refractivity contribution in [1.29, 1.82) is 0 Å². The van der Waals surface area contributed by atoms with Crippen LogP contribution in [0.15, 0.2) is 18.2 Å². The van der Waals surface area contributed by atoms with Crippen LogP contribution in [0.5, 0.6) is 0 Å². The highest BCUT2D eigenvalue weighted by atomic mass is 16.1. The molecule has 1 aromatic carbocycles. The Morgan fingerprint density at radius 3 is 3.12 bits per heavy atom. The molecule has 4 heteroatoms. The van der Waals surface area contributed by atoms with Crippen molar-refractivity contribution in [3.8, 4) is 0 Å². The van der Waals surface area contributed by atoms with Crippen LogP contribution in [0.1, 0.15) is 17.2 Å². The van der Waals surface area contributed by atoms with E-state index in [-0.39, 0.29) is 5.91 Å². The minimum atomic E-state index is 0.104. The first-order valence-corrected chi connectivity index (χ1v) is 6.07. The van der Waals surface area contributed by atoms with E-state index in [0.717, 1.165) is 30.9 Å². The van der Waals surface area contributed by atoms with Crippen molar-refractivity contribution in [3.63, 3.8) is 0 Å². The van der Waals surface area contributed by atoms with Gasteiger partial charge in [-0.05, 0) is 24.2 Å². The second-order valence-electron chi connectivity index (χ2n) is 4.84. The van der Waals surface area contributed by atoms with Crippen LogP contribution in [0.3, 0.4) is 0 Å². The molecule has 0 spiro atoms. The van der Waals surface area contributed by atoms with Crippen LogP contribution in [0, 0.1) is 0 Å². The molecule has 2 aliphatic heterocycles. The number of fused-ring (bicyclic) bond motifs is 1. The number of carbonyl (C=O) groups is 1. The van der Waals surface area contributed by atoms with Crippen LogP contribution in [0.25, 0.3) is 0 Å². The van der Waals surface area contributed by atoms with Gasteiger partial charge in [-0.25, -0.2) is 0 Å². The van der Waals surface area contributed by atoms with Crippen molar-refractivity contribution >= 4 is 11.6 Å². The topological polar surface area (TPSA) is 44.4 Å². The Bertz CT molecular complexity index is 458. The summed E-state index contributed by atoms with van der Waals surface area (Å²) in [6, 6.07) is 6.74. The molecule has 1 saturated heterocycles. The third-order valence-corrected chi connectivity index (χ3v) is 3.65. The van der Waals surface area contributed by atoms with Gasteiger partial charge in [-0.15, -0.1) is 0 Å². The Hall–Kier alpha value is -1.39. The highest BCUT2D eigenvalue weighted by Crippen LogP contribution is 2.28. The molecule has 1 fully saturated rings. The van der Waals surface area contributed by atoms with Gasteiger partial charge in [-0.1, -0.05) is 12.1 Å². The molecule has 1 aromatic rings. The Morgan fingerprint density at radius 2 is 2.29 bits per heavy atom. The number of hydrogen-bond donors (Lipinski definition) is 2. The molecule has 0 aliphatic carbocycles. The molecule has 17 heavy (non-hydrogen) atoms. The normalized spacial score (nSPS) is 24.5. The predicted molar refractivity (Wildman–Crippen MR) is 67.0 cm³/mol. The van der Waals surface area contributed by atoms with E-state index in [1.807, 2.05) is 6.07 Å². The summed E-state index contributed by atoms with van der Waals surface area (Å²) in [5, 5.41) is 6.29. The van der Waals surface area contributed by atoms with E-state index >= 15 is 0 Å². The fourth-order valence-electron chi connectivity index (χ4n) is 2.63. The molecule has 0 aromatic heterocycles.